The summed E-state index contributed by atoms with van der Waals surface area (Å²) >= 11 is 0. The molecule has 0 bridgehead atoms. The van der Waals surface area contributed by atoms with Crippen molar-refractivity contribution < 1.29 is 112 Å². The Morgan fingerprint density at radius 3 is 1.09 bits per heavy atom. The zero-order valence-corrected chi connectivity index (χ0v) is 30.8. The van der Waals surface area contributed by atoms with E-state index in [9.17, 15) is 0 Å². The van der Waals surface area contributed by atoms with Gasteiger partial charge in [-0.3, -0.25) is 0 Å². The van der Waals surface area contributed by atoms with Crippen LogP contribution in [0.2, 0.25) is 0 Å². The molecule has 0 saturated carbocycles. The smallest absolute Gasteiger partial charge is 0.0625 e. The fourth-order valence-corrected chi connectivity index (χ4v) is 4.31. The Morgan fingerprint density at radius 2 is 0.971 bits per heavy atom. The van der Waals surface area contributed by atoms with Crippen LogP contribution in [0.4, 0.5) is 0 Å². The molecule has 3 saturated heterocycles. The maximum Gasteiger partial charge on any atom is 0.0625 e. The Hall–Kier alpha value is 3.39. The van der Waals surface area contributed by atoms with Crippen LogP contribution in [-0.2, 0) is 112 Å². The molecular formula is C25H41B3O3Y3-6. The Labute approximate surface area is 291 Å². The molecule has 183 valence electrons. The molecule has 9 radical (unpaired) electrons. The van der Waals surface area contributed by atoms with Crippen molar-refractivity contribution >= 4 is 23.5 Å². The van der Waals surface area contributed by atoms with Gasteiger partial charge in [0, 0.05) is 104 Å². The molecule has 0 amide bonds. The summed E-state index contributed by atoms with van der Waals surface area (Å²) in [7, 11) is 16.8. The van der Waals surface area contributed by atoms with Gasteiger partial charge in [0.15, 0.2) is 0 Å². The van der Waals surface area contributed by atoms with Crippen LogP contribution in [0.5, 0.6) is 0 Å². The van der Waals surface area contributed by atoms with Crippen LogP contribution in [0.3, 0.4) is 0 Å². The van der Waals surface area contributed by atoms with E-state index < -0.39 is 0 Å². The number of ether oxygens (including phenoxy) is 3. The molecule has 3 rings (SSSR count). The Kier molecular flexibility index (Phi) is 23.0. The molecule has 9 atom stereocenters. The summed E-state index contributed by atoms with van der Waals surface area (Å²) in [5.41, 5.74) is -0.613. The van der Waals surface area contributed by atoms with E-state index in [4.69, 9.17) is 37.7 Å². The van der Waals surface area contributed by atoms with Gasteiger partial charge in [-0.2, -0.15) is 18.3 Å². The summed E-state index contributed by atoms with van der Waals surface area (Å²) in [5, 5.41) is 0. The van der Waals surface area contributed by atoms with E-state index in [0.717, 1.165) is 25.7 Å². The molecule has 3 aliphatic heterocycles. The van der Waals surface area contributed by atoms with Crippen LogP contribution in [0, 0.1) is 57.8 Å². The van der Waals surface area contributed by atoms with Crippen molar-refractivity contribution in [2.45, 2.75) is 102 Å². The van der Waals surface area contributed by atoms with E-state index in [0.29, 0.717) is 17.8 Å². The third-order valence-corrected chi connectivity index (χ3v) is 7.26. The first-order valence-corrected chi connectivity index (χ1v) is 11.7. The minimum absolute atomic E-state index is 0. The number of hydrogen-bond donors (Lipinski definition) is 0. The van der Waals surface area contributed by atoms with Crippen LogP contribution in [-0.4, -0.2) is 58.4 Å². The van der Waals surface area contributed by atoms with Gasteiger partial charge >= 0.3 is 0 Å². The second-order valence-corrected chi connectivity index (χ2v) is 9.20. The monoisotopic (exact) mass is 689 g/mol. The molecule has 0 N–H and O–H groups in total. The molecule has 0 aromatic carbocycles. The largest absolute Gasteiger partial charge is 0.446 e. The molecular weight excluding hydrogens is 647 g/mol. The van der Waals surface area contributed by atoms with Crippen molar-refractivity contribution in [2.24, 2.45) is 17.8 Å². The van der Waals surface area contributed by atoms with Crippen LogP contribution in [0.15, 0.2) is 0 Å². The Morgan fingerprint density at radius 1 is 0.647 bits per heavy atom. The van der Waals surface area contributed by atoms with Crippen molar-refractivity contribution in [3.05, 3.63) is 40.0 Å². The van der Waals surface area contributed by atoms with E-state index in [1.807, 2.05) is 12.8 Å². The molecule has 3 fully saturated rings. The van der Waals surface area contributed by atoms with Crippen LogP contribution < -0.4 is 0 Å². The quantitative estimate of drug-likeness (QED) is 0.325. The summed E-state index contributed by atoms with van der Waals surface area (Å²) in [6, 6.07) is -0.619. The maximum atomic E-state index is 5.65. The average Bonchev–Trinajstić information content (AvgIpc) is 3.26. The van der Waals surface area contributed by atoms with E-state index in [1.165, 1.54) is 0 Å². The van der Waals surface area contributed by atoms with E-state index in [2.05, 4.69) is 68.7 Å². The summed E-state index contributed by atoms with van der Waals surface area (Å²) in [5.74, 6) is 1.17. The fourth-order valence-electron chi connectivity index (χ4n) is 4.31. The third-order valence-electron chi connectivity index (χ3n) is 7.26. The summed E-state index contributed by atoms with van der Waals surface area (Å²) < 4.78 is 16.5. The molecule has 0 aromatic heterocycles. The summed E-state index contributed by atoms with van der Waals surface area (Å²) in [6.07, 6.45) is 9.66. The van der Waals surface area contributed by atoms with Gasteiger partial charge < -0.3 is 54.2 Å². The standard InChI is InChI=1S/C9H15BO.2C8H13BO.3Y/c1-4-9(5-2)7(3)6-8(10)11-9;2*1-4-8(3)6(2)5-7(9)10-8;;;/h6-8H,1,4-5H2,2-3H3;2*5-7H,3-4H2,1-2H3;;;/q3*-2;;;. The molecule has 34 heavy (non-hydrogen) atoms. The van der Waals surface area contributed by atoms with Gasteiger partial charge in [-0.1, -0.05) is 71.6 Å². The van der Waals surface area contributed by atoms with Crippen LogP contribution in [0.25, 0.3) is 0 Å². The zero-order chi connectivity index (χ0) is 24.0. The normalized spacial score (nSPS) is 42.6. The van der Waals surface area contributed by atoms with Crippen molar-refractivity contribution in [1.29, 1.82) is 0 Å². The molecule has 0 aliphatic carbocycles. The molecule has 3 nitrogen and oxygen atoms in total. The van der Waals surface area contributed by atoms with Crippen molar-refractivity contribution in [3.8, 4) is 0 Å². The molecule has 9 heteroatoms. The SMILES string of the molecule is [B]C1[CH-]C(C)C(C[CH2-])(CC)O1.[B]C1[CH-]C(C)C([CH2-])(CC)O1.[B]C1[CH-]C(C)C([CH2-])(CC)O1.[Y].[Y].[Y]. The minimum atomic E-state index is -0.264. The van der Waals surface area contributed by atoms with Crippen LogP contribution >= 0.6 is 0 Å². The molecule has 3 aliphatic rings. The summed E-state index contributed by atoms with van der Waals surface area (Å²) in [6.45, 7) is 24.4. The van der Waals surface area contributed by atoms with Crippen LogP contribution in [0.1, 0.15) is 67.2 Å². The number of hydrogen-bond acceptors (Lipinski definition) is 3. The maximum absolute atomic E-state index is 5.65. The average molecular weight is 689 g/mol. The van der Waals surface area contributed by atoms with Gasteiger partial charge in [0.05, 0.1) is 23.5 Å². The van der Waals surface area contributed by atoms with Crippen molar-refractivity contribution in [3.63, 3.8) is 0 Å². The van der Waals surface area contributed by atoms with E-state index >= 15 is 0 Å². The predicted octanol–water partition coefficient (Wildman–Crippen LogP) is 4.39. The first-order chi connectivity index (χ1) is 14.3. The van der Waals surface area contributed by atoms with Gasteiger partial charge in [-0.25, -0.2) is 0 Å². The van der Waals surface area contributed by atoms with Gasteiger partial charge in [0.2, 0.25) is 0 Å². The molecule has 3 heterocycles. The van der Waals surface area contributed by atoms with Gasteiger partial charge in [-0.15, -0.1) is 17.9 Å². The second kappa shape index (κ2) is 18.7. The molecule has 0 spiro atoms. The van der Waals surface area contributed by atoms with E-state index in [1.54, 1.807) is 0 Å². The number of rotatable bonds is 4. The van der Waals surface area contributed by atoms with Gasteiger partial charge in [-0.05, 0) is 6.42 Å². The summed E-state index contributed by atoms with van der Waals surface area (Å²) in [4.78, 5) is 0. The van der Waals surface area contributed by atoms with Gasteiger partial charge in [0.1, 0.15) is 0 Å². The zero-order valence-electron chi connectivity index (χ0n) is 22.3. The molecule has 9 unspecified atom stereocenters. The first-order valence-electron chi connectivity index (χ1n) is 11.7. The van der Waals surface area contributed by atoms with Crippen molar-refractivity contribution in [2.75, 3.05) is 0 Å². The minimum Gasteiger partial charge on any atom is -0.446 e. The second-order valence-electron chi connectivity index (χ2n) is 9.20. The van der Waals surface area contributed by atoms with Gasteiger partial charge in [0.25, 0.3) is 0 Å². The fraction of sp³-hybridized carbons (Fsp3) is 0.760. The topological polar surface area (TPSA) is 27.7 Å². The van der Waals surface area contributed by atoms with Crippen molar-refractivity contribution in [1.82, 2.24) is 0 Å². The third kappa shape index (κ3) is 11.5. The predicted molar refractivity (Wildman–Crippen MR) is 132 cm³/mol. The van der Waals surface area contributed by atoms with E-state index in [-0.39, 0.29) is 133 Å². The Bertz CT molecular complexity index is 515. The molecule has 0 aromatic rings. The Balaban J connectivity index is -0.000000407. The first kappa shape index (κ1) is 41.9.